The molecular formula is C15H15NO2S. The molecule has 0 radical (unpaired) electrons. The van der Waals surface area contributed by atoms with Crippen molar-refractivity contribution in [2.45, 2.75) is 0 Å². The fourth-order valence-electron chi connectivity index (χ4n) is 1.42. The first kappa shape index (κ1) is 13.4. The average Bonchev–Trinajstić information content (AvgIpc) is 2.40. The molecule has 0 aliphatic rings. The molecule has 98 valence electrons. The van der Waals surface area contributed by atoms with Crippen molar-refractivity contribution < 1.29 is 9.47 Å². The van der Waals surface area contributed by atoms with Crippen LogP contribution < -0.4 is 9.47 Å². The molecule has 0 atom stereocenters. The van der Waals surface area contributed by atoms with Gasteiger partial charge >= 0.3 is 0 Å². The second-order valence-electron chi connectivity index (χ2n) is 4.15. The van der Waals surface area contributed by atoms with Gasteiger partial charge in [0.15, 0.2) is 0 Å². The lowest BCUT2D eigenvalue weighted by molar-refractivity contribution is 0.442. The summed E-state index contributed by atoms with van der Waals surface area (Å²) in [5, 5.41) is 0.414. The Bertz CT molecular complexity index is 555. The van der Waals surface area contributed by atoms with Gasteiger partial charge in [0.05, 0.1) is 0 Å². The number of thiocarbonyl (C=S) groups is 1. The maximum Gasteiger partial charge on any atom is 0.264 e. The Morgan fingerprint density at radius 3 is 2.21 bits per heavy atom. The fourth-order valence-corrected chi connectivity index (χ4v) is 1.51. The SMILES string of the molecule is CN(C)C(=S)Oc1cccc(Oc2ccccc2)c1. The van der Waals surface area contributed by atoms with E-state index >= 15 is 0 Å². The van der Waals surface area contributed by atoms with E-state index in [2.05, 4.69) is 0 Å². The highest BCUT2D eigenvalue weighted by molar-refractivity contribution is 7.80. The maximum absolute atomic E-state index is 5.72. The van der Waals surface area contributed by atoms with E-state index in [0.29, 0.717) is 16.7 Å². The summed E-state index contributed by atoms with van der Waals surface area (Å²) < 4.78 is 11.3. The summed E-state index contributed by atoms with van der Waals surface area (Å²) in [6.45, 7) is 0. The van der Waals surface area contributed by atoms with Crippen molar-refractivity contribution in [3.8, 4) is 17.2 Å². The van der Waals surface area contributed by atoms with E-state index in [0.717, 1.165) is 5.75 Å². The van der Waals surface area contributed by atoms with Crippen LogP contribution in [0.2, 0.25) is 0 Å². The minimum Gasteiger partial charge on any atom is -0.457 e. The first-order valence-corrected chi connectivity index (χ1v) is 6.28. The van der Waals surface area contributed by atoms with Crippen molar-refractivity contribution >= 4 is 17.4 Å². The molecular weight excluding hydrogens is 258 g/mol. The Kier molecular flexibility index (Phi) is 4.36. The summed E-state index contributed by atoms with van der Waals surface area (Å²) in [7, 11) is 3.68. The molecule has 3 nitrogen and oxygen atoms in total. The molecule has 2 aromatic rings. The van der Waals surface area contributed by atoms with E-state index in [4.69, 9.17) is 21.7 Å². The fraction of sp³-hybridized carbons (Fsp3) is 0.133. The first-order valence-electron chi connectivity index (χ1n) is 5.87. The molecule has 0 aliphatic heterocycles. The molecule has 0 aliphatic carbocycles. The van der Waals surface area contributed by atoms with Crippen molar-refractivity contribution in [3.05, 3.63) is 54.6 Å². The normalized spacial score (nSPS) is 9.79. The molecule has 0 aromatic heterocycles. The third kappa shape index (κ3) is 3.96. The van der Waals surface area contributed by atoms with Gasteiger partial charge < -0.3 is 14.4 Å². The summed E-state index contributed by atoms with van der Waals surface area (Å²) in [4.78, 5) is 1.74. The summed E-state index contributed by atoms with van der Waals surface area (Å²) in [6, 6.07) is 17.0. The van der Waals surface area contributed by atoms with Gasteiger partial charge in [-0.25, -0.2) is 0 Å². The number of para-hydroxylation sites is 1. The van der Waals surface area contributed by atoms with Crippen LogP contribution in [-0.4, -0.2) is 24.2 Å². The summed E-state index contributed by atoms with van der Waals surface area (Å²) >= 11 is 5.10. The highest BCUT2D eigenvalue weighted by Crippen LogP contribution is 2.25. The van der Waals surface area contributed by atoms with Crippen LogP contribution in [0.3, 0.4) is 0 Å². The van der Waals surface area contributed by atoms with Crippen LogP contribution in [0, 0.1) is 0 Å². The lowest BCUT2D eigenvalue weighted by atomic mass is 10.3. The number of ether oxygens (including phenoxy) is 2. The van der Waals surface area contributed by atoms with Crippen molar-refractivity contribution in [1.29, 1.82) is 0 Å². The Labute approximate surface area is 118 Å². The molecule has 0 amide bonds. The van der Waals surface area contributed by atoms with Gasteiger partial charge in [0, 0.05) is 20.2 Å². The van der Waals surface area contributed by atoms with Gasteiger partial charge in [0.1, 0.15) is 17.2 Å². The van der Waals surface area contributed by atoms with E-state index in [-0.39, 0.29) is 0 Å². The second kappa shape index (κ2) is 6.20. The predicted molar refractivity (Wildman–Crippen MR) is 79.9 cm³/mol. The lowest BCUT2D eigenvalue weighted by Crippen LogP contribution is -2.24. The van der Waals surface area contributed by atoms with Gasteiger partial charge in [-0.05, 0) is 36.5 Å². The standard InChI is InChI=1S/C15H15NO2S/c1-16(2)15(19)18-14-10-6-9-13(11-14)17-12-7-4-3-5-8-12/h3-11H,1-2H3. The van der Waals surface area contributed by atoms with Crippen LogP contribution in [0.25, 0.3) is 0 Å². The zero-order chi connectivity index (χ0) is 13.7. The van der Waals surface area contributed by atoms with E-state index < -0.39 is 0 Å². The van der Waals surface area contributed by atoms with Crippen molar-refractivity contribution in [1.82, 2.24) is 4.90 Å². The Morgan fingerprint density at radius 1 is 0.895 bits per heavy atom. The number of nitrogens with zero attached hydrogens (tertiary/aromatic N) is 1. The summed E-state index contributed by atoms with van der Waals surface area (Å²) in [5.41, 5.74) is 0. The highest BCUT2D eigenvalue weighted by Gasteiger charge is 2.04. The molecule has 0 N–H and O–H groups in total. The van der Waals surface area contributed by atoms with E-state index in [1.54, 1.807) is 4.90 Å². The molecule has 19 heavy (non-hydrogen) atoms. The Morgan fingerprint density at radius 2 is 1.53 bits per heavy atom. The summed E-state index contributed by atoms with van der Waals surface area (Å²) in [6.07, 6.45) is 0. The van der Waals surface area contributed by atoms with Crippen LogP contribution in [-0.2, 0) is 0 Å². The minimum absolute atomic E-state index is 0.414. The molecule has 0 spiro atoms. The molecule has 0 fully saturated rings. The predicted octanol–water partition coefficient (Wildman–Crippen LogP) is 3.70. The maximum atomic E-state index is 5.72. The zero-order valence-corrected chi connectivity index (χ0v) is 11.7. The van der Waals surface area contributed by atoms with Gasteiger partial charge in [0.25, 0.3) is 5.17 Å². The molecule has 0 saturated heterocycles. The van der Waals surface area contributed by atoms with E-state index in [1.807, 2.05) is 68.7 Å². The lowest BCUT2D eigenvalue weighted by Gasteiger charge is -2.14. The number of hydrogen-bond acceptors (Lipinski definition) is 3. The molecule has 0 unspecified atom stereocenters. The second-order valence-corrected chi connectivity index (χ2v) is 4.50. The zero-order valence-electron chi connectivity index (χ0n) is 10.9. The smallest absolute Gasteiger partial charge is 0.264 e. The number of rotatable bonds is 3. The Hall–Kier alpha value is -2.07. The molecule has 2 rings (SSSR count). The number of benzene rings is 2. The topological polar surface area (TPSA) is 21.7 Å². The highest BCUT2D eigenvalue weighted by atomic mass is 32.1. The number of hydrogen-bond donors (Lipinski definition) is 0. The van der Waals surface area contributed by atoms with E-state index in [9.17, 15) is 0 Å². The van der Waals surface area contributed by atoms with Crippen molar-refractivity contribution in [2.75, 3.05) is 14.1 Å². The minimum atomic E-state index is 0.414. The molecule has 0 bridgehead atoms. The van der Waals surface area contributed by atoms with Gasteiger partial charge in [-0.15, -0.1) is 0 Å². The van der Waals surface area contributed by atoms with Gasteiger partial charge in [-0.2, -0.15) is 0 Å². The first-order chi connectivity index (χ1) is 9.15. The largest absolute Gasteiger partial charge is 0.457 e. The third-order valence-corrected chi connectivity index (χ3v) is 2.80. The third-order valence-electron chi connectivity index (χ3n) is 2.35. The molecule has 2 aromatic carbocycles. The van der Waals surface area contributed by atoms with Crippen LogP contribution in [0.15, 0.2) is 54.6 Å². The average molecular weight is 273 g/mol. The van der Waals surface area contributed by atoms with Gasteiger partial charge in [-0.1, -0.05) is 24.3 Å². The van der Waals surface area contributed by atoms with Crippen LogP contribution in [0.4, 0.5) is 0 Å². The molecule has 0 saturated carbocycles. The van der Waals surface area contributed by atoms with Crippen LogP contribution in [0.5, 0.6) is 17.2 Å². The quantitative estimate of drug-likeness (QED) is 0.795. The Balaban J connectivity index is 2.09. The van der Waals surface area contributed by atoms with Gasteiger partial charge in [0.2, 0.25) is 0 Å². The van der Waals surface area contributed by atoms with E-state index in [1.165, 1.54) is 0 Å². The molecule has 4 heteroatoms. The monoisotopic (exact) mass is 273 g/mol. The van der Waals surface area contributed by atoms with Crippen molar-refractivity contribution in [2.24, 2.45) is 0 Å². The van der Waals surface area contributed by atoms with Crippen LogP contribution >= 0.6 is 12.2 Å². The van der Waals surface area contributed by atoms with Crippen LogP contribution in [0.1, 0.15) is 0 Å². The molecule has 0 heterocycles. The summed E-state index contributed by atoms with van der Waals surface area (Å²) in [5.74, 6) is 2.16. The van der Waals surface area contributed by atoms with Gasteiger partial charge in [-0.3, -0.25) is 0 Å². The van der Waals surface area contributed by atoms with Crippen molar-refractivity contribution in [3.63, 3.8) is 0 Å².